The van der Waals surface area contributed by atoms with Gasteiger partial charge in [0.2, 0.25) is 0 Å². The van der Waals surface area contributed by atoms with Crippen molar-refractivity contribution in [1.29, 1.82) is 0 Å². The number of benzene rings is 1. The first-order chi connectivity index (χ1) is 10.8. The fourth-order valence-electron chi connectivity index (χ4n) is 2.21. The smallest absolute Gasteiger partial charge is 0.346 e. The maximum absolute atomic E-state index is 12.2. The number of nitrogens with zero attached hydrogens (tertiary/aromatic N) is 1. The monoisotopic (exact) mass is 383 g/mol. The molecule has 0 saturated heterocycles. The summed E-state index contributed by atoms with van der Waals surface area (Å²) in [6.45, 7) is 2.78. The molecule has 1 aliphatic heterocycles. The zero-order valence-electron chi connectivity index (χ0n) is 12.7. The van der Waals surface area contributed by atoms with Crippen LogP contribution in [0, 0.1) is 0 Å². The van der Waals surface area contributed by atoms with Crippen molar-refractivity contribution in [2.24, 2.45) is 0 Å². The molecule has 0 bridgehead atoms. The SMILES string of the molecule is COC(=O)C(C)OC(=O)C(C)N1C(=O)C(=O)c2cc(Br)ccc21. The Bertz CT molecular complexity index is 701. The normalized spacial score (nSPS) is 15.9. The average Bonchev–Trinajstić information content (AvgIpc) is 2.77. The number of methoxy groups -OCH3 is 1. The molecule has 2 unspecified atom stereocenters. The molecule has 0 spiro atoms. The summed E-state index contributed by atoms with van der Waals surface area (Å²) >= 11 is 3.23. The maximum atomic E-state index is 12.2. The maximum Gasteiger partial charge on any atom is 0.346 e. The van der Waals surface area contributed by atoms with Crippen LogP contribution in [0.5, 0.6) is 0 Å². The van der Waals surface area contributed by atoms with Crippen LogP contribution in [0.4, 0.5) is 5.69 Å². The molecule has 1 amide bonds. The lowest BCUT2D eigenvalue weighted by Crippen LogP contribution is -2.45. The minimum Gasteiger partial charge on any atom is -0.466 e. The number of hydrogen-bond acceptors (Lipinski definition) is 6. The molecule has 0 saturated carbocycles. The second-order valence-electron chi connectivity index (χ2n) is 4.94. The highest BCUT2D eigenvalue weighted by Gasteiger charge is 2.41. The standard InChI is InChI=1S/C15H14BrNO6/c1-7(14(20)23-8(2)15(21)22-3)17-11-5-4-9(16)6-10(11)12(18)13(17)19/h4-8H,1-3H3. The fourth-order valence-corrected chi connectivity index (χ4v) is 2.57. The Labute approximate surface area is 140 Å². The lowest BCUT2D eigenvalue weighted by atomic mass is 10.1. The summed E-state index contributed by atoms with van der Waals surface area (Å²) in [6, 6.07) is 3.69. The molecule has 122 valence electrons. The lowest BCUT2D eigenvalue weighted by Gasteiger charge is -2.24. The van der Waals surface area contributed by atoms with Gasteiger partial charge in [0.1, 0.15) is 6.04 Å². The van der Waals surface area contributed by atoms with Gasteiger partial charge in [-0.2, -0.15) is 0 Å². The summed E-state index contributed by atoms with van der Waals surface area (Å²) in [5.74, 6) is -3.02. The molecule has 23 heavy (non-hydrogen) atoms. The second kappa shape index (κ2) is 6.49. The Morgan fingerprint density at radius 2 is 1.83 bits per heavy atom. The van der Waals surface area contributed by atoms with Crippen LogP contribution in [0.1, 0.15) is 24.2 Å². The van der Waals surface area contributed by atoms with E-state index in [1.165, 1.54) is 27.0 Å². The van der Waals surface area contributed by atoms with Crippen LogP contribution in [-0.2, 0) is 23.9 Å². The number of fused-ring (bicyclic) bond motifs is 1. The average molecular weight is 384 g/mol. The molecule has 0 aromatic heterocycles. The number of Topliss-reactive ketones (excluding diaryl/α,β-unsaturated/α-hetero) is 1. The molecular weight excluding hydrogens is 370 g/mol. The number of hydrogen-bond donors (Lipinski definition) is 0. The van der Waals surface area contributed by atoms with Gasteiger partial charge in [0.15, 0.2) is 6.10 Å². The van der Waals surface area contributed by atoms with Gasteiger partial charge in [-0.3, -0.25) is 14.5 Å². The van der Waals surface area contributed by atoms with Gasteiger partial charge in [0.05, 0.1) is 18.4 Å². The highest BCUT2D eigenvalue weighted by Crippen LogP contribution is 2.33. The summed E-state index contributed by atoms with van der Waals surface area (Å²) in [7, 11) is 1.17. The molecule has 1 aliphatic rings. The largest absolute Gasteiger partial charge is 0.466 e. The second-order valence-corrected chi connectivity index (χ2v) is 5.86. The van der Waals surface area contributed by atoms with Gasteiger partial charge in [0, 0.05) is 4.47 Å². The van der Waals surface area contributed by atoms with Crippen LogP contribution in [0.3, 0.4) is 0 Å². The Balaban J connectivity index is 2.25. The molecule has 0 N–H and O–H groups in total. The number of amides is 1. The van der Waals surface area contributed by atoms with E-state index in [0.29, 0.717) is 10.2 Å². The summed E-state index contributed by atoms with van der Waals surface area (Å²) in [4.78, 5) is 48.7. The highest BCUT2D eigenvalue weighted by molar-refractivity contribution is 9.10. The van der Waals surface area contributed by atoms with E-state index in [9.17, 15) is 19.2 Å². The van der Waals surface area contributed by atoms with Crippen molar-refractivity contribution in [2.45, 2.75) is 26.0 Å². The Hall–Kier alpha value is -2.22. The van der Waals surface area contributed by atoms with Crippen molar-refractivity contribution in [3.05, 3.63) is 28.2 Å². The predicted octanol–water partition coefficient (Wildman–Crippen LogP) is 1.47. The van der Waals surface area contributed by atoms with Gasteiger partial charge in [-0.05, 0) is 32.0 Å². The lowest BCUT2D eigenvalue weighted by molar-refractivity contribution is -0.165. The molecule has 1 aromatic rings. The number of ether oxygens (including phenoxy) is 2. The van der Waals surface area contributed by atoms with Gasteiger partial charge in [-0.1, -0.05) is 15.9 Å². The zero-order chi connectivity index (χ0) is 17.3. The molecule has 2 rings (SSSR count). The van der Waals surface area contributed by atoms with Crippen molar-refractivity contribution in [3.63, 3.8) is 0 Å². The Morgan fingerprint density at radius 3 is 2.43 bits per heavy atom. The van der Waals surface area contributed by atoms with E-state index < -0.39 is 35.8 Å². The van der Waals surface area contributed by atoms with Crippen LogP contribution in [0.25, 0.3) is 0 Å². The summed E-state index contributed by atoms with van der Waals surface area (Å²) in [5.41, 5.74) is 0.545. The van der Waals surface area contributed by atoms with Crippen LogP contribution in [-0.4, -0.2) is 42.9 Å². The Kier molecular flexibility index (Phi) is 4.84. The van der Waals surface area contributed by atoms with Crippen molar-refractivity contribution < 1.29 is 28.7 Å². The van der Waals surface area contributed by atoms with E-state index in [4.69, 9.17) is 4.74 Å². The van der Waals surface area contributed by atoms with Gasteiger partial charge < -0.3 is 9.47 Å². The number of carbonyl (C=O) groups excluding carboxylic acids is 4. The van der Waals surface area contributed by atoms with Crippen LogP contribution < -0.4 is 4.90 Å². The molecule has 1 heterocycles. The van der Waals surface area contributed by atoms with Gasteiger partial charge in [0.25, 0.3) is 11.7 Å². The van der Waals surface area contributed by atoms with E-state index in [0.717, 1.165) is 4.90 Å². The van der Waals surface area contributed by atoms with Gasteiger partial charge >= 0.3 is 11.9 Å². The van der Waals surface area contributed by atoms with Crippen molar-refractivity contribution in [1.82, 2.24) is 0 Å². The molecule has 7 nitrogen and oxygen atoms in total. The first-order valence-corrected chi connectivity index (χ1v) is 7.53. The molecule has 8 heteroatoms. The van der Waals surface area contributed by atoms with E-state index >= 15 is 0 Å². The van der Waals surface area contributed by atoms with Crippen LogP contribution >= 0.6 is 15.9 Å². The Morgan fingerprint density at radius 1 is 1.17 bits per heavy atom. The van der Waals surface area contributed by atoms with E-state index in [1.807, 2.05) is 0 Å². The highest BCUT2D eigenvalue weighted by atomic mass is 79.9. The van der Waals surface area contributed by atoms with Crippen molar-refractivity contribution in [2.75, 3.05) is 12.0 Å². The number of ketones is 1. The number of esters is 2. The minimum atomic E-state index is -1.10. The molecule has 0 aliphatic carbocycles. The summed E-state index contributed by atoms with van der Waals surface area (Å²) < 4.78 is 10.1. The minimum absolute atomic E-state index is 0.213. The van der Waals surface area contributed by atoms with E-state index in [1.54, 1.807) is 12.1 Å². The summed E-state index contributed by atoms with van der Waals surface area (Å²) in [6.07, 6.45) is -1.10. The molecular formula is C15H14BrNO6. The zero-order valence-corrected chi connectivity index (χ0v) is 14.2. The molecule has 2 atom stereocenters. The number of carbonyl (C=O) groups is 4. The third-order valence-electron chi connectivity index (χ3n) is 3.43. The number of rotatable bonds is 4. The first-order valence-electron chi connectivity index (χ1n) is 6.73. The van der Waals surface area contributed by atoms with E-state index in [2.05, 4.69) is 20.7 Å². The number of halogens is 1. The first kappa shape index (κ1) is 17.1. The third-order valence-corrected chi connectivity index (χ3v) is 3.92. The summed E-state index contributed by atoms with van der Waals surface area (Å²) in [5, 5.41) is 0. The third kappa shape index (κ3) is 3.12. The van der Waals surface area contributed by atoms with Crippen molar-refractivity contribution >= 4 is 45.2 Å². The number of anilines is 1. The van der Waals surface area contributed by atoms with Crippen molar-refractivity contribution in [3.8, 4) is 0 Å². The van der Waals surface area contributed by atoms with E-state index in [-0.39, 0.29) is 5.56 Å². The topological polar surface area (TPSA) is 90.0 Å². The molecule has 0 fully saturated rings. The van der Waals surface area contributed by atoms with Crippen LogP contribution in [0.2, 0.25) is 0 Å². The molecule has 1 aromatic carbocycles. The van der Waals surface area contributed by atoms with Gasteiger partial charge in [-0.25, -0.2) is 9.59 Å². The van der Waals surface area contributed by atoms with Gasteiger partial charge in [-0.15, -0.1) is 0 Å². The quantitative estimate of drug-likeness (QED) is 0.577. The van der Waals surface area contributed by atoms with Crippen LogP contribution in [0.15, 0.2) is 22.7 Å². The fraction of sp³-hybridized carbons (Fsp3) is 0.333. The molecule has 0 radical (unpaired) electrons. The predicted molar refractivity (Wildman–Crippen MR) is 83.0 cm³/mol.